The van der Waals surface area contributed by atoms with E-state index >= 15 is 0 Å². The average molecular weight is 429 g/mol. The fourth-order valence-corrected chi connectivity index (χ4v) is 3.48. The molecule has 3 atom stereocenters. The molecule has 0 saturated carbocycles. The van der Waals surface area contributed by atoms with Gasteiger partial charge in [-0.2, -0.15) is 0 Å². The van der Waals surface area contributed by atoms with Crippen molar-refractivity contribution in [2.45, 2.75) is 52.1 Å². The highest BCUT2D eigenvalue weighted by Crippen LogP contribution is 2.18. The fourth-order valence-electron chi connectivity index (χ4n) is 3.48. The highest BCUT2D eigenvalue weighted by atomic mass is 16.2. The van der Waals surface area contributed by atoms with Gasteiger partial charge in [-0.25, -0.2) is 0 Å². The van der Waals surface area contributed by atoms with Crippen LogP contribution in [0.15, 0.2) is 30.3 Å². The molecule has 0 spiro atoms. The molecule has 8 heteroatoms. The molecule has 2 unspecified atom stereocenters. The summed E-state index contributed by atoms with van der Waals surface area (Å²) < 4.78 is 1.77. The molecule has 1 fully saturated rings. The first kappa shape index (κ1) is 24.1. The SMILES string of the molecule is CCC.C[C@H](NC(=O)c1cc2ccccc2n1C)C(=O)NC(C=O)CC1CCNC1=O. The number of carbonyl (C=O) groups excluding carboxylic acids is 4. The summed E-state index contributed by atoms with van der Waals surface area (Å²) in [7, 11) is 1.79. The Labute approximate surface area is 182 Å². The zero-order chi connectivity index (χ0) is 23.0. The molecule has 1 saturated heterocycles. The number of benzene rings is 1. The third kappa shape index (κ3) is 6.16. The van der Waals surface area contributed by atoms with E-state index < -0.39 is 18.0 Å². The summed E-state index contributed by atoms with van der Waals surface area (Å²) in [6.07, 6.45) is 2.78. The van der Waals surface area contributed by atoms with Gasteiger partial charge < -0.3 is 25.3 Å². The Morgan fingerprint density at radius 3 is 2.52 bits per heavy atom. The summed E-state index contributed by atoms with van der Waals surface area (Å²) in [5.41, 5.74) is 1.36. The van der Waals surface area contributed by atoms with Crippen LogP contribution in [-0.2, 0) is 21.4 Å². The van der Waals surface area contributed by atoms with Crippen LogP contribution in [0.2, 0.25) is 0 Å². The maximum atomic E-state index is 12.6. The van der Waals surface area contributed by atoms with Crippen LogP contribution in [0.4, 0.5) is 0 Å². The molecule has 3 rings (SSSR count). The Hall–Kier alpha value is -3.16. The van der Waals surface area contributed by atoms with Crippen LogP contribution in [0.3, 0.4) is 0 Å². The molecule has 3 N–H and O–H groups in total. The van der Waals surface area contributed by atoms with Crippen molar-refractivity contribution in [2.75, 3.05) is 6.54 Å². The van der Waals surface area contributed by atoms with Crippen molar-refractivity contribution >= 4 is 34.9 Å². The highest BCUT2D eigenvalue weighted by Gasteiger charge is 2.29. The van der Waals surface area contributed by atoms with Crippen molar-refractivity contribution in [1.82, 2.24) is 20.5 Å². The van der Waals surface area contributed by atoms with E-state index in [0.717, 1.165) is 10.9 Å². The van der Waals surface area contributed by atoms with Gasteiger partial charge in [0.05, 0.1) is 6.04 Å². The van der Waals surface area contributed by atoms with Crippen molar-refractivity contribution in [2.24, 2.45) is 13.0 Å². The summed E-state index contributed by atoms with van der Waals surface area (Å²) in [4.78, 5) is 48.0. The van der Waals surface area contributed by atoms with Crippen LogP contribution in [0.5, 0.6) is 0 Å². The Morgan fingerprint density at radius 1 is 1.26 bits per heavy atom. The number of nitrogens with one attached hydrogen (secondary N) is 3. The van der Waals surface area contributed by atoms with Gasteiger partial charge in [0.15, 0.2) is 0 Å². The summed E-state index contributed by atoms with van der Waals surface area (Å²) in [5.74, 6) is -1.23. The van der Waals surface area contributed by atoms with Gasteiger partial charge in [-0.3, -0.25) is 14.4 Å². The maximum Gasteiger partial charge on any atom is 0.268 e. The summed E-state index contributed by atoms with van der Waals surface area (Å²) >= 11 is 0. The van der Waals surface area contributed by atoms with Gasteiger partial charge in [0.2, 0.25) is 11.8 Å². The molecule has 31 heavy (non-hydrogen) atoms. The van der Waals surface area contributed by atoms with E-state index in [1.807, 2.05) is 24.3 Å². The third-order valence-electron chi connectivity index (χ3n) is 5.12. The van der Waals surface area contributed by atoms with Gasteiger partial charge in [-0.05, 0) is 31.9 Å². The lowest BCUT2D eigenvalue weighted by molar-refractivity contribution is -0.127. The van der Waals surface area contributed by atoms with E-state index in [0.29, 0.717) is 24.9 Å². The molecule has 1 aliphatic heterocycles. The van der Waals surface area contributed by atoms with E-state index in [2.05, 4.69) is 29.8 Å². The monoisotopic (exact) mass is 428 g/mol. The van der Waals surface area contributed by atoms with Crippen molar-refractivity contribution in [3.63, 3.8) is 0 Å². The molecule has 8 nitrogen and oxygen atoms in total. The Balaban J connectivity index is 0.00000107. The molecule has 1 aromatic heterocycles. The van der Waals surface area contributed by atoms with Crippen LogP contribution < -0.4 is 16.0 Å². The average Bonchev–Trinajstić information content (AvgIpc) is 3.31. The lowest BCUT2D eigenvalue weighted by Crippen LogP contribution is -2.49. The Bertz CT molecular complexity index is 937. The lowest BCUT2D eigenvalue weighted by Gasteiger charge is -2.19. The van der Waals surface area contributed by atoms with E-state index in [1.165, 1.54) is 6.42 Å². The topological polar surface area (TPSA) is 109 Å². The van der Waals surface area contributed by atoms with Crippen LogP contribution in [0.1, 0.15) is 50.5 Å². The molecule has 0 aliphatic carbocycles. The standard InChI is InChI=1S/C20H24N4O4.C3H8/c1-12(18(26)23-15(11-25)9-14-7-8-21-19(14)27)22-20(28)17-10-13-5-3-4-6-16(13)24(17)2;1-3-2/h3-6,10-12,14-15H,7-9H2,1-2H3,(H,21,27)(H,22,28)(H,23,26);3H2,1-2H3/t12-,14?,15?;/m0./s1. The van der Waals surface area contributed by atoms with Crippen molar-refractivity contribution in [3.8, 4) is 0 Å². The molecule has 1 aromatic carbocycles. The molecular weight excluding hydrogens is 396 g/mol. The molecule has 0 radical (unpaired) electrons. The van der Waals surface area contributed by atoms with Crippen molar-refractivity contribution in [3.05, 3.63) is 36.0 Å². The molecular formula is C23H32N4O4. The van der Waals surface area contributed by atoms with E-state index in [4.69, 9.17) is 0 Å². The maximum absolute atomic E-state index is 12.6. The quantitative estimate of drug-likeness (QED) is 0.585. The van der Waals surface area contributed by atoms with Crippen molar-refractivity contribution < 1.29 is 19.2 Å². The second-order valence-corrected chi connectivity index (χ2v) is 7.81. The first-order valence-corrected chi connectivity index (χ1v) is 10.7. The first-order chi connectivity index (χ1) is 14.8. The fraction of sp³-hybridized carbons (Fsp3) is 0.478. The number of hydrogen-bond donors (Lipinski definition) is 3. The largest absolute Gasteiger partial charge is 0.356 e. The molecule has 1 aliphatic rings. The molecule has 3 amide bonds. The second kappa shape index (κ2) is 11.3. The van der Waals surface area contributed by atoms with Gasteiger partial charge in [0, 0.05) is 30.4 Å². The minimum atomic E-state index is -0.828. The van der Waals surface area contributed by atoms with Gasteiger partial charge in [0.25, 0.3) is 5.91 Å². The highest BCUT2D eigenvalue weighted by molar-refractivity contribution is 6.00. The second-order valence-electron chi connectivity index (χ2n) is 7.81. The number of carbonyl (C=O) groups is 4. The number of para-hydroxylation sites is 1. The smallest absolute Gasteiger partial charge is 0.268 e. The molecule has 2 aromatic rings. The molecule has 168 valence electrons. The first-order valence-electron chi connectivity index (χ1n) is 10.7. The van der Waals surface area contributed by atoms with Crippen LogP contribution in [-0.4, -0.2) is 47.2 Å². The van der Waals surface area contributed by atoms with E-state index in [-0.39, 0.29) is 24.2 Å². The number of nitrogens with zero attached hydrogens (tertiary/aromatic N) is 1. The third-order valence-corrected chi connectivity index (χ3v) is 5.12. The van der Waals surface area contributed by atoms with Crippen LogP contribution in [0.25, 0.3) is 10.9 Å². The number of aldehydes is 1. The van der Waals surface area contributed by atoms with Gasteiger partial charge in [0.1, 0.15) is 18.0 Å². The van der Waals surface area contributed by atoms with E-state index in [9.17, 15) is 19.2 Å². The van der Waals surface area contributed by atoms with Crippen LogP contribution >= 0.6 is 0 Å². The summed E-state index contributed by atoms with van der Waals surface area (Å²) in [6.45, 7) is 6.39. The number of rotatable bonds is 7. The Morgan fingerprint density at radius 2 is 1.94 bits per heavy atom. The van der Waals surface area contributed by atoms with Crippen molar-refractivity contribution in [1.29, 1.82) is 0 Å². The minimum absolute atomic E-state index is 0.0989. The zero-order valence-electron chi connectivity index (χ0n) is 18.6. The summed E-state index contributed by atoms with van der Waals surface area (Å²) in [6, 6.07) is 7.78. The summed E-state index contributed by atoms with van der Waals surface area (Å²) in [5, 5.41) is 8.91. The number of aryl methyl sites for hydroxylation is 1. The van der Waals surface area contributed by atoms with Crippen LogP contribution in [0, 0.1) is 5.92 Å². The predicted molar refractivity (Wildman–Crippen MR) is 120 cm³/mol. The zero-order valence-corrected chi connectivity index (χ0v) is 18.6. The molecule has 2 heterocycles. The number of amides is 3. The number of aromatic nitrogens is 1. The number of hydrogen-bond acceptors (Lipinski definition) is 4. The minimum Gasteiger partial charge on any atom is -0.356 e. The normalized spacial score (nSPS) is 17.2. The van der Waals surface area contributed by atoms with E-state index in [1.54, 1.807) is 24.6 Å². The van der Waals surface area contributed by atoms with Gasteiger partial charge in [-0.1, -0.05) is 38.5 Å². The molecule has 0 bridgehead atoms. The number of fused-ring (bicyclic) bond motifs is 1. The van der Waals surface area contributed by atoms with Gasteiger partial charge >= 0.3 is 0 Å². The predicted octanol–water partition coefficient (Wildman–Crippen LogP) is 1.92. The lowest BCUT2D eigenvalue weighted by atomic mass is 9.99. The Kier molecular flexibility index (Phi) is 8.78. The van der Waals surface area contributed by atoms with Gasteiger partial charge in [-0.15, -0.1) is 0 Å².